The highest BCUT2D eigenvalue weighted by Crippen LogP contribution is 2.46. The number of carbonyl (C=O) groups excluding carboxylic acids is 2. The van der Waals surface area contributed by atoms with Crippen LogP contribution in [0, 0.1) is 11.1 Å². The van der Waals surface area contributed by atoms with E-state index in [-0.39, 0.29) is 63.1 Å². The van der Waals surface area contributed by atoms with Crippen LogP contribution in [0.1, 0.15) is 39.5 Å². The molecule has 0 atom stereocenters. The third-order valence-corrected chi connectivity index (χ3v) is 3.60. The van der Waals surface area contributed by atoms with E-state index in [0.717, 1.165) is 0 Å². The molecule has 11 heteroatoms. The van der Waals surface area contributed by atoms with Crippen molar-refractivity contribution < 1.29 is 32.7 Å². The van der Waals surface area contributed by atoms with Crippen molar-refractivity contribution in [3.63, 3.8) is 0 Å². The Labute approximate surface area is 142 Å². The molecule has 0 saturated carbocycles. The van der Waals surface area contributed by atoms with Gasteiger partial charge >= 0.3 is 19.5 Å². The van der Waals surface area contributed by atoms with Crippen LogP contribution in [-0.2, 0) is 32.7 Å². The number of esters is 2. The molecule has 0 aromatic heterocycles. The molecule has 0 aliphatic carbocycles. The van der Waals surface area contributed by atoms with Gasteiger partial charge in [0, 0.05) is 12.8 Å². The van der Waals surface area contributed by atoms with Crippen LogP contribution in [0.2, 0.25) is 0 Å². The molecule has 0 aliphatic rings. The molecule has 0 aromatic rings. The number of carbonyl (C=O) groups is 2. The summed E-state index contributed by atoms with van der Waals surface area (Å²) in [5.41, 5.74) is 0. The molecule has 0 saturated heterocycles. The Balaban J connectivity index is -0.00000220. The van der Waals surface area contributed by atoms with Gasteiger partial charge in [-0.15, -0.1) is 0 Å². The second-order valence-corrected chi connectivity index (χ2v) is 5.79. The Hall–Kier alpha value is -1.50. The lowest BCUT2D eigenvalue weighted by molar-refractivity contribution is -0.144. The van der Waals surface area contributed by atoms with Gasteiger partial charge in [0.15, 0.2) is 5.81 Å². The van der Waals surface area contributed by atoms with Gasteiger partial charge in [-0.25, -0.2) is 4.57 Å². The van der Waals surface area contributed by atoms with Gasteiger partial charge in [-0.2, -0.15) is 5.26 Å². The highest BCUT2D eigenvalue weighted by Gasteiger charge is 2.24. The van der Waals surface area contributed by atoms with E-state index in [1.807, 2.05) is 0 Å². The molecule has 24 heavy (non-hydrogen) atoms. The van der Waals surface area contributed by atoms with E-state index in [9.17, 15) is 14.2 Å². The fraction of sp³-hybridized carbons (Fsp3) is 0.769. The summed E-state index contributed by atoms with van der Waals surface area (Å²) < 4.78 is 31.1. The Morgan fingerprint density at radius 2 is 1.29 bits per heavy atom. The third kappa shape index (κ3) is 14.1. The van der Waals surface area contributed by atoms with Gasteiger partial charge in [-0.3, -0.25) is 18.6 Å². The van der Waals surface area contributed by atoms with E-state index in [4.69, 9.17) is 23.8 Å². The Morgan fingerprint density at radius 3 is 1.58 bits per heavy atom. The molecule has 0 heterocycles. The van der Waals surface area contributed by atoms with Gasteiger partial charge in [0.05, 0.1) is 26.4 Å². The summed E-state index contributed by atoms with van der Waals surface area (Å²) >= 11 is 0. The average Bonchev–Trinajstić information content (AvgIpc) is 2.49. The summed E-state index contributed by atoms with van der Waals surface area (Å²) in [5, 5.41) is 8.82. The van der Waals surface area contributed by atoms with Crippen LogP contribution < -0.4 is 12.3 Å². The van der Waals surface area contributed by atoms with Crippen LogP contribution in [0.5, 0.6) is 0 Å². The second kappa shape index (κ2) is 16.4. The van der Waals surface area contributed by atoms with Gasteiger partial charge < -0.3 is 21.8 Å². The molecular weight excluding hydrogens is 341 g/mol. The fourth-order valence-electron chi connectivity index (χ4n) is 1.36. The second-order valence-electron chi connectivity index (χ2n) is 4.08. The lowest BCUT2D eigenvalue weighted by Crippen LogP contribution is -2.07. The zero-order chi connectivity index (χ0) is 16.8. The number of rotatable bonds is 12. The first-order valence-electron chi connectivity index (χ1n) is 7.09. The minimum atomic E-state index is -3.85. The SMILES string of the molecule is CCOC(=O)CCCOP(=O)(C#N)OCCCC(=O)OCC.N.N. The molecular formula is C13H28N3O7P. The summed E-state index contributed by atoms with van der Waals surface area (Å²) in [5.74, 6) is 0.721. The smallest absolute Gasteiger partial charge is 0.431 e. The van der Waals surface area contributed by atoms with Gasteiger partial charge in [-0.05, 0) is 26.7 Å². The summed E-state index contributed by atoms with van der Waals surface area (Å²) in [6, 6.07) is 0. The minimum Gasteiger partial charge on any atom is -0.466 e. The zero-order valence-electron chi connectivity index (χ0n) is 14.3. The summed E-state index contributed by atoms with van der Waals surface area (Å²) in [4.78, 5) is 22.2. The van der Waals surface area contributed by atoms with E-state index >= 15 is 0 Å². The van der Waals surface area contributed by atoms with Crippen LogP contribution in [-0.4, -0.2) is 38.4 Å². The van der Waals surface area contributed by atoms with Crippen molar-refractivity contribution in [1.29, 1.82) is 5.26 Å². The maximum absolute atomic E-state index is 11.9. The number of nitrogens with zero attached hydrogens (tertiary/aromatic N) is 1. The van der Waals surface area contributed by atoms with Crippen molar-refractivity contribution in [3.05, 3.63) is 0 Å². The number of hydrogen-bond donors (Lipinski definition) is 2. The molecule has 0 aliphatic heterocycles. The monoisotopic (exact) mass is 369 g/mol. The fourth-order valence-corrected chi connectivity index (χ4v) is 2.29. The average molecular weight is 369 g/mol. The summed E-state index contributed by atoms with van der Waals surface area (Å²) in [6.07, 6.45) is 0.775. The van der Waals surface area contributed by atoms with Crippen molar-refractivity contribution in [2.75, 3.05) is 26.4 Å². The predicted octanol–water partition coefficient (Wildman–Crippen LogP) is 2.70. The number of nitriles is 1. The zero-order valence-corrected chi connectivity index (χ0v) is 15.2. The van der Waals surface area contributed by atoms with E-state index in [1.54, 1.807) is 13.8 Å². The van der Waals surface area contributed by atoms with E-state index < -0.39 is 7.60 Å². The van der Waals surface area contributed by atoms with Crippen LogP contribution in [0.25, 0.3) is 0 Å². The van der Waals surface area contributed by atoms with E-state index in [2.05, 4.69) is 0 Å². The van der Waals surface area contributed by atoms with Crippen molar-refractivity contribution >= 4 is 19.5 Å². The molecule has 0 bridgehead atoms. The minimum absolute atomic E-state index is 0. The molecule has 0 fully saturated rings. The topological polar surface area (TPSA) is 182 Å². The van der Waals surface area contributed by atoms with E-state index in [0.29, 0.717) is 13.2 Å². The van der Waals surface area contributed by atoms with Gasteiger partial charge in [-0.1, -0.05) is 0 Å². The standard InChI is InChI=1S/C13H22NO7P.2H3N/c1-3-18-12(15)7-5-9-20-22(17,11-14)21-10-6-8-13(16)19-4-2;;/h3-10H2,1-2H3;2*1H3. The first kappa shape index (κ1) is 27.4. The predicted molar refractivity (Wildman–Crippen MR) is 86.9 cm³/mol. The highest BCUT2D eigenvalue weighted by molar-refractivity contribution is 7.59. The quantitative estimate of drug-likeness (QED) is 0.294. The number of hydrogen-bond acceptors (Lipinski definition) is 10. The maximum atomic E-state index is 11.9. The first-order valence-corrected chi connectivity index (χ1v) is 8.63. The van der Waals surface area contributed by atoms with Crippen LogP contribution in [0.4, 0.5) is 0 Å². The Kier molecular flexibility index (Phi) is 18.6. The van der Waals surface area contributed by atoms with Crippen molar-refractivity contribution in [3.8, 4) is 5.81 Å². The molecule has 0 unspecified atom stereocenters. The molecule has 0 rings (SSSR count). The maximum Gasteiger partial charge on any atom is 0.431 e. The molecule has 0 radical (unpaired) electrons. The van der Waals surface area contributed by atoms with E-state index in [1.165, 1.54) is 5.81 Å². The van der Waals surface area contributed by atoms with Crippen LogP contribution in [0.3, 0.4) is 0 Å². The largest absolute Gasteiger partial charge is 0.466 e. The van der Waals surface area contributed by atoms with Crippen molar-refractivity contribution in [2.45, 2.75) is 39.5 Å². The van der Waals surface area contributed by atoms with Crippen LogP contribution >= 0.6 is 7.60 Å². The molecule has 0 amide bonds. The van der Waals surface area contributed by atoms with Crippen molar-refractivity contribution in [2.24, 2.45) is 0 Å². The van der Waals surface area contributed by atoms with Crippen molar-refractivity contribution in [1.82, 2.24) is 12.3 Å². The molecule has 6 N–H and O–H groups in total. The first-order chi connectivity index (χ1) is 10.5. The molecule has 0 spiro atoms. The summed E-state index contributed by atoms with van der Waals surface area (Å²) in [7, 11) is -3.85. The lowest BCUT2D eigenvalue weighted by Gasteiger charge is -2.11. The molecule has 10 nitrogen and oxygen atoms in total. The molecule has 0 aromatic carbocycles. The molecule has 142 valence electrons. The van der Waals surface area contributed by atoms with Crippen LogP contribution in [0.15, 0.2) is 0 Å². The Morgan fingerprint density at radius 1 is 0.917 bits per heavy atom. The Bertz CT molecular complexity index is 410. The lowest BCUT2D eigenvalue weighted by atomic mass is 10.3. The van der Waals surface area contributed by atoms with Gasteiger partial charge in [0.1, 0.15) is 0 Å². The van der Waals surface area contributed by atoms with Gasteiger partial charge in [0.25, 0.3) is 0 Å². The third-order valence-electron chi connectivity index (χ3n) is 2.31. The normalized spacial score (nSPS) is 9.88. The van der Waals surface area contributed by atoms with Gasteiger partial charge in [0.2, 0.25) is 0 Å². The summed E-state index contributed by atoms with van der Waals surface area (Å²) in [6.45, 7) is 3.87. The highest BCUT2D eigenvalue weighted by atomic mass is 31.2. The number of ether oxygens (including phenoxy) is 2.